The third kappa shape index (κ3) is 4.36. The third-order valence-corrected chi connectivity index (χ3v) is 7.80. The molecule has 0 saturated heterocycles. The number of ether oxygens (including phenoxy) is 2. The van der Waals surface area contributed by atoms with Crippen molar-refractivity contribution in [2.75, 3.05) is 7.11 Å². The van der Waals surface area contributed by atoms with Gasteiger partial charge in [0.05, 0.1) is 24.1 Å². The molecule has 0 spiro atoms. The normalized spacial score (nSPS) is 17.5. The molecule has 3 aromatic rings. The van der Waals surface area contributed by atoms with Crippen LogP contribution < -0.4 is 15.5 Å². The van der Waals surface area contributed by atoms with Gasteiger partial charge in [0.15, 0.2) is 5.75 Å². The lowest BCUT2D eigenvalue weighted by Gasteiger charge is -2.27. The lowest BCUT2D eigenvalue weighted by molar-refractivity contribution is 0.0499. The number of carboxylic acids is 1. The second-order valence-corrected chi connectivity index (χ2v) is 11.4. The number of alkyl carbamates (subject to hydrolysis) is 1. The number of aromatic nitrogens is 1. The standard InChI is InChI=1S/C27H30N2O6S/c1-27(2,3)35-26(33)28-20-7-5-6-16-19(13-36-24(16)20)15-10-11-17-21(23(15)34-4)29(14-8-9-14)12-18(22(17)30)25(31)32/h10-14,20H,5-9H2,1-4H3,(H,28,33)(H,31,32). The molecule has 9 heteroatoms. The van der Waals surface area contributed by atoms with E-state index in [2.05, 4.69) is 10.7 Å². The highest BCUT2D eigenvalue weighted by molar-refractivity contribution is 7.10. The summed E-state index contributed by atoms with van der Waals surface area (Å²) in [6.45, 7) is 5.53. The van der Waals surface area contributed by atoms with E-state index in [9.17, 15) is 19.5 Å². The smallest absolute Gasteiger partial charge is 0.408 e. The van der Waals surface area contributed by atoms with Crippen LogP contribution in [0.5, 0.6) is 5.75 Å². The molecule has 36 heavy (non-hydrogen) atoms. The van der Waals surface area contributed by atoms with Crippen molar-refractivity contribution in [3.63, 3.8) is 0 Å². The van der Waals surface area contributed by atoms with E-state index in [1.54, 1.807) is 24.5 Å². The summed E-state index contributed by atoms with van der Waals surface area (Å²) in [5.41, 5.74) is 2.36. The maximum Gasteiger partial charge on any atom is 0.408 e. The Labute approximate surface area is 212 Å². The van der Waals surface area contributed by atoms with Gasteiger partial charge >= 0.3 is 12.1 Å². The van der Waals surface area contributed by atoms with Crippen molar-refractivity contribution in [1.29, 1.82) is 0 Å². The number of methoxy groups -OCH3 is 1. The molecule has 2 aliphatic rings. The van der Waals surface area contributed by atoms with Crippen LogP contribution in [0, 0.1) is 0 Å². The molecule has 0 radical (unpaired) electrons. The number of aromatic carboxylic acids is 1. The zero-order chi connectivity index (χ0) is 25.8. The fraction of sp³-hybridized carbons (Fsp3) is 0.444. The first-order valence-corrected chi connectivity index (χ1v) is 13.1. The van der Waals surface area contributed by atoms with Crippen LogP contribution in [0.25, 0.3) is 22.0 Å². The van der Waals surface area contributed by atoms with Crippen molar-refractivity contribution in [3.8, 4) is 16.9 Å². The maximum atomic E-state index is 13.0. The Hall–Kier alpha value is -3.33. The van der Waals surface area contributed by atoms with Gasteiger partial charge in [-0.2, -0.15) is 0 Å². The number of carbonyl (C=O) groups excluding carboxylic acids is 1. The third-order valence-electron chi connectivity index (χ3n) is 6.67. The minimum Gasteiger partial charge on any atom is -0.494 e. The maximum absolute atomic E-state index is 13.0. The van der Waals surface area contributed by atoms with Crippen molar-refractivity contribution >= 4 is 34.3 Å². The Morgan fingerprint density at radius 2 is 1.92 bits per heavy atom. The average Bonchev–Trinajstić information content (AvgIpc) is 3.55. The zero-order valence-electron chi connectivity index (χ0n) is 20.8. The van der Waals surface area contributed by atoms with E-state index in [1.807, 2.05) is 31.4 Å². The lowest BCUT2D eigenvalue weighted by atomic mass is 9.89. The highest BCUT2D eigenvalue weighted by Gasteiger charge is 2.32. The molecule has 0 bridgehead atoms. The number of benzene rings is 1. The number of pyridine rings is 1. The fourth-order valence-corrected chi connectivity index (χ4v) is 6.21. The van der Waals surface area contributed by atoms with Gasteiger partial charge in [0, 0.05) is 22.7 Å². The molecule has 1 saturated carbocycles. The van der Waals surface area contributed by atoms with Gasteiger partial charge in [-0.15, -0.1) is 11.3 Å². The number of fused-ring (bicyclic) bond motifs is 2. The van der Waals surface area contributed by atoms with Crippen molar-refractivity contribution in [2.45, 2.75) is 70.6 Å². The lowest BCUT2D eigenvalue weighted by Crippen LogP contribution is -2.35. The van der Waals surface area contributed by atoms with Gasteiger partial charge < -0.3 is 24.5 Å². The van der Waals surface area contributed by atoms with Crippen LogP contribution in [0.1, 0.15) is 79.3 Å². The zero-order valence-corrected chi connectivity index (χ0v) is 21.7. The van der Waals surface area contributed by atoms with E-state index in [0.717, 1.165) is 53.7 Å². The summed E-state index contributed by atoms with van der Waals surface area (Å²) in [4.78, 5) is 38.3. The summed E-state index contributed by atoms with van der Waals surface area (Å²) in [7, 11) is 1.58. The molecule has 1 aromatic carbocycles. The molecule has 1 fully saturated rings. The van der Waals surface area contributed by atoms with E-state index in [-0.39, 0.29) is 17.6 Å². The van der Waals surface area contributed by atoms with Crippen LogP contribution in [-0.2, 0) is 11.2 Å². The molecule has 8 nitrogen and oxygen atoms in total. The number of carbonyl (C=O) groups is 2. The number of hydrogen-bond acceptors (Lipinski definition) is 6. The van der Waals surface area contributed by atoms with Crippen LogP contribution >= 0.6 is 11.3 Å². The van der Waals surface area contributed by atoms with Crippen molar-refractivity contribution in [2.24, 2.45) is 0 Å². The summed E-state index contributed by atoms with van der Waals surface area (Å²) in [6.07, 6.45) is 5.51. The molecular formula is C27H30N2O6S. The summed E-state index contributed by atoms with van der Waals surface area (Å²) in [6, 6.07) is 3.58. The van der Waals surface area contributed by atoms with Crippen molar-refractivity contribution in [1.82, 2.24) is 9.88 Å². The molecule has 1 amide bonds. The second-order valence-electron chi connectivity index (χ2n) is 10.4. The molecular weight excluding hydrogens is 480 g/mol. The van der Waals surface area contributed by atoms with Gasteiger partial charge in [0.2, 0.25) is 5.43 Å². The molecule has 0 aliphatic heterocycles. The van der Waals surface area contributed by atoms with E-state index in [1.165, 1.54) is 6.20 Å². The summed E-state index contributed by atoms with van der Waals surface area (Å²) >= 11 is 1.60. The quantitative estimate of drug-likeness (QED) is 0.458. The Bertz CT molecular complexity index is 1430. The Balaban J connectivity index is 1.61. The van der Waals surface area contributed by atoms with E-state index < -0.39 is 23.1 Å². The van der Waals surface area contributed by atoms with Crippen LogP contribution in [0.3, 0.4) is 0 Å². The number of thiophene rings is 1. The van der Waals surface area contributed by atoms with Gasteiger partial charge in [-0.25, -0.2) is 9.59 Å². The summed E-state index contributed by atoms with van der Waals surface area (Å²) in [5, 5.41) is 15.0. The second kappa shape index (κ2) is 8.96. The molecule has 1 unspecified atom stereocenters. The minimum absolute atomic E-state index is 0.128. The Morgan fingerprint density at radius 1 is 1.17 bits per heavy atom. The number of hydrogen-bond donors (Lipinski definition) is 2. The van der Waals surface area contributed by atoms with Crippen molar-refractivity contribution in [3.05, 3.63) is 49.9 Å². The number of amides is 1. The fourth-order valence-electron chi connectivity index (χ4n) is 5.01. The van der Waals surface area contributed by atoms with Gasteiger partial charge in [-0.1, -0.05) is 0 Å². The largest absolute Gasteiger partial charge is 0.494 e. The average molecular weight is 511 g/mol. The molecule has 190 valence electrons. The molecule has 2 aliphatic carbocycles. The topological polar surface area (TPSA) is 107 Å². The Morgan fingerprint density at radius 3 is 2.56 bits per heavy atom. The van der Waals surface area contributed by atoms with E-state index >= 15 is 0 Å². The predicted octanol–water partition coefficient (Wildman–Crippen LogP) is 5.67. The highest BCUT2D eigenvalue weighted by atomic mass is 32.1. The Kier molecular flexibility index (Phi) is 6.06. The van der Waals surface area contributed by atoms with Gasteiger partial charge in [0.25, 0.3) is 0 Å². The number of rotatable bonds is 5. The SMILES string of the molecule is COc1c(-c2csc3c2CCCC3NC(=O)OC(C)(C)C)ccc2c(=O)c(C(=O)O)cn(C3CC3)c12. The van der Waals surface area contributed by atoms with Crippen LogP contribution in [0.4, 0.5) is 4.79 Å². The first kappa shape index (κ1) is 24.4. The van der Waals surface area contributed by atoms with Gasteiger partial charge in [-0.05, 0) is 81.5 Å². The van der Waals surface area contributed by atoms with Gasteiger partial charge in [-0.3, -0.25) is 4.79 Å². The summed E-state index contributed by atoms with van der Waals surface area (Å²) < 4.78 is 13.3. The number of nitrogens with one attached hydrogen (secondary N) is 1. The van der Waals surface area contributed by atoms with Gasteiger partial charge in [0.1, 0.15) is 11.2 Å². The molecule has 1 atom stereocenters. The first-order valence-electron chi connectivity index (χ1n) is 12.2. The monoisotopic (exact) mass is 510 g/mol. The minimum atomic E-state index is -1.23. The molecule has 2 aromatic heterocycles. The van der Waals surface area contributed by atoms with Crippen LogP contribution in [0.15, 0.2) is 28.5 Å². The van der Waals surface area contributed by atoms with Crippen LogP contribution in [-0.4, -0.2) is 34.4 Å². The molecule has 2 heterocycles. The number of carboxylic acid groups (broad SMARTS) is 1. The number of nitrogens with zero attached hydrogens (tertiary/aromatic N) is 1. The summed E-state index contributed by atoms with van der Waals surface area (Å²) in [5.74, 6) is -0.661. The van der Waals surface area contributed by atoms with E-state index in [4.69, 9.17) is 9.47 Å². The van der Waals surface area contributed by atoms with E-state index in [0.29, 0.717) is 16.7 Å². The molecule has 5 rings (SSSR count). The van der Waals surface area contributed by atoms with Crippen LogP contribution in [0.2, 0.25) is 0 Å². The predicted molar refractivity (Wildman–Crippen MR) is 138 cm³/mol. The first-order chi connectivity index (χ1) is 17.1. The van der Waals surface area contributed by atoms with Crippen molar-refractivity contribution < 1.29 is 24.2 Å². The molecule has 2 N–H and O–H groups in total. The highest BCUT2D eigenvalue weighted by Crippen LogP contribution is 2.47.